The fraction of sp³-hybridized carbons (Fsp3) is 0.350. The molecule has 0 unspecified atom stereocenters. The van der Waals surface area contributed by atoms with Gasteiger partial charge in [0.2, 0.25) is 0 Å². The molecule has 3 aromatic rings. The van der Waals surface area contributed by atoms with Gasteiger partial charge in [-0.2, -0.15) is 0 Å². The Bertz CT molecular complexity index is 996. The number of rotatable bonds is 4. The number of carbonyl (C=O) groups is 1. The van der Waals surface area contributed by atoms with Crippen LogP contribution in [0, 0.1) is 17.6 Å². The summed E-state index contributed by atoms with van der Waals surface area (Å²) in [5.41, 5.74) is -0.150. The van der Waals surface area contributed by atoms with Crippen LogP contribution >= 0.6 is 11.3 Å². The van der Waals surface area contributed by atoms with Crippen molar-refractivity contribution >= 4 is 33.2 Å². The molecule has 0 aliphatic carbocycles. The third-order valence-electron chi connectivity index (χ3n) is 5.07. The summed E-state index contributed by atoms with van der Waals surface area (Å²) in [6, 6.07) is 5.17. The second-order valence-electron chi connectivity index (χ2n) is 6.73. The van der Waals surface area contributed by atoms with E-state index in [9.17, 15) is 13.6 Å². The Hall–Kier alpha value is -2.41. The van der Waals surface area contributed by atoms with Crippen molar-refractivity contribution in [2.75, 3.05) is 18.0 Å². The van der Waals surface area contributed by atoms with Crippen molar-refractivity contribution in [3.05, 3.63) is 52.7 Å². The average molecular weight is 387 g/mol. The standard InChI is InChI=1S/C20H19F2N3OS/c1-2-14-10-16-19(23-11-24-20(16)27-14)25-7-5-12(6-8-25)18(26)15-9-13(21)3-4-17(15)22/h3-4,9-12H,2,5-8H2,1H3. The maximum Gasteiger partial charge on any atom is 0.169 e. The van der Waals surface area contributed by atoms with Crippen molar-refractivity contribution in [2.24, 2.45) is 5.92 Å². The predicted molar refractivity (Wildman–Crippen MR) is 102 cm³/mol. The fourth-order valence-electron chi connectivity index (χ4n) is 3.58. The minimum absolute atomic E-state index is 0.150. The Morgan fingerprint density at radius 1 is 1.22 bits per heavy atom. The number of halogens is 2. The van der Waals surface area contributed by atoms with E-state index in [-0.39, 0.29) is 17.3 Å². The van der Waals surface area contributed by atoms with Crippen LogP contribution in [0.1, 0.15) is 35.0 Å². The molecular weight excluding hydrogens is 368 g/mol. The molecule has 2 aromatic heterocycles. The van der Waals surface area contributed by atoms with Crippen molar-refractivity contribution in [3.63, 3.8) is 0 Å². The van der Waals surface area contributed by atoms with E-state index in [4.69, 9.17) is 0 Å². The van der Waals surface area contributed by atoms with Gasteiger partial charge in [-0.05, 0) is 43.5 Å². The van der Waals surface area contributed by atoms with Crippen LogP contribution in [-0.4, -0.2) is 28.8 Å². The Balaban J connectivity index is 1.52. The molecule has 0 saturated carbocycles. The molecule has 7 heteroatoms. The first-order chi connectivity index (χ1) is 13.1. The van der Waals surface area contributed by atoms with Crippen LogP contribution in [0.5, 0.6) is 0 Å². The third kappa shape index (κ3) is 3.43. The lowest BCUT2D eigenvalue weighted by atomic mass is 9.88. The molecular formula is C20H19F2N3OS. The maximum absolute atomic E-state index is 13.9. The number of piperidine rings is 1. The average Bonchev–Trinajstić information content (AvgIpc) is 3.13. The molecule has 0 bridgehead atoms. The highest BCUT2D eigenvalue weighted by Crippen LogP contribution is 2.33. The second-order valence-corrected chi connectivity index (χ2v) is 7.85. The van der Waals surface area contributed by atoms with Crippen molar-refractivity contribution in [1.82, 2.24) is 9.97 Å². The van der Waals surface area contributed by atoms with Gasteiger partial charge in [0.25, 0.3) is 0 Å². The van der Waals surface area contributed by atoms with Crippen LogP contribution in [0.15, 0.2) is 30.6 Å². The Morgan fingerprint density at radius 2 is 2.00 bits per heavy atom. The molecule has 1 aromatic carbocycles. The highest BCUT2D eigenvalue weighted by molar-refractivity contribution is 7.18. The van der Waals surface area contributed by atoms with Gasteiger partial charge in [0.05, 0.1) is 10.9 Å². The lowest BCUT2D eigenvalue weighted by Crippen LogP contribution is -2.37. The molecule has 0 amide bonds. The van der Waals surface area contributed by atoms with Gasteiger partial charge in [0, 0.05) is 23.9 Å². The van der Waals surface area contributed by atoms with Crippen molar-refractivity contribution in [2.45, 2.75) is 26.2 Å². The summed E-state index contributed by atoms with van der Waals surface area (Å²) in [7, 11) is 0. The summed E-state index contributed by atoms with van der Waals surface area (Å²) in [6.07, 6.45) is 3.71. The van der Waals surface area contributed by atoms with Crippen molar-refractivity contribution in [1.29, 1.82) is 0 Å². The summed E-state index contributed by atoms with van der Waals surface area (Å²) < 4.78 is 27.3. The molecule has 0 spiro atoms. The van der Waals surface area contributed by atoms with E-state index in [1.54, 1.807) is 17.7 Å². The number of hydrogen-bond donors (Lipinski definition) is 0. The summed E-state index contributed by atoms with van der Waals surface area (Å²) in [5.74, 6) is -0.984. The highest BCUT2D eigenvalue weighted by atomic mass is 32.1. The normalized spacial score (nSPS) is 15.4. The van der Waals surface area contributed by atoms with E-state index < -0.39 is 11.6 Å². The van der Waals surface area contributed by atoms with E-state index in [1.165, 1.54) is 4.88 Å². The number of anilines is 1. The van der Waals surface area contributed by atoms with E-state index >= 15 is 0 Å². The number of fused-ring (bicyclic) bond motifs is 1. The fourth-order valence-corrected chi connectivity index (χ4v) is 4.51. The molecule has 4 rings (SSSR count). The maximum atomic E-state index is 13.9. The van der Waals surface area contributed by atoms with Crippen molar-refractivity contribution in [3.8, 4) is 0 Å². The quantitative estimate of drug-likeness (QED) is 0.612. The van der Waals surface area contributed by atoms with Gasteiger partial charge >= 0.3 is 0 Å². The molecule has 0 N–H and O–H groups in total. The monoisotopic (exact) mass is 387 g/mol. The minimum atomic E-state index is -0.660. The zero-order valence-electron chi connectivity index (χ0n) is 14.9. The summed E-state index contributed by atoms with van der Waals surface area (Å²) in [4.78, 5) is 25.8. The molecule has 1 fully saturated rings. The van der Waals surface area contributed by atoms with Crippen LogP contribution in [-0.2, 0) is 6.42 Å². The van der Waals surface area contributed by atoms with E-state index in [1.807, 2.05) is 0 Å². The van der Waals surface area contributed by atoms with Gasteiger partial charge in [-0.25, -0.2) is 18.7 Å². The summed E-state index contributed by atoms with van der Waals surface area (Å²) in [5, 5.41) is 1.04. The van der Waals surface area contributed by atoms with Crippen LogP contribution in [0.4, 0.5) is 14.6 Å². The number of thiophene rings is 1. The van der Waals surface area contributed by atoms with Gasteiger partial charge in [-0.3, -0.25) is 4.79 Å². The van der Waals surface area contributed by atoms with Crippen molar-refractivity contribution < 1.29 is 13.6 Å². The highest BCUT2D eigenvalue weighted by Gasteiger charge is 2.29. The van der Waals surface area contributed by atoms with E-state index in [0.29, 0.717) is 25.9 Å². The van der Waals surface area contributed by atoms with Crippen LogP contribution in [0.2, 0.25) is 0 Å². The third-order valence-corrected chi connectivity index (χ3v) is 6.25. The molecule has 1 aliphatic rings. The van der Waals surface area contributed by atoms with Gasteiger partial charge in [0.15, 0.2) is 5.78 Å². The first kappa shape index (κ1) is 18.0. The molecule has 4 nitrogen and oxygen atoms in total. The number of carbonyl (C=O) groups excluding carboxylic acids is 1. The largest absolute Gasteiger partial charge is 0.356 e. The van der Waals surface area contributed by atoms with E-state index in [0.717, 1.165) is 40.7 Å². The summed E-state index contributed by atoms with van der Waals surface area (Å²) >= 11 is 1.67. The number of nitrogens with zero attached hydrogens (tertiary/aromatic N) is 3. The number of Topliss-reactive ketones (excluding diaryl/α,β-unsaturated/α-hetero) is 1. The predicted octanol–water partition coefficient (Wildman–Crippen LogP) is 4.63. The number of aromatic nitrogens is 2. The first-order valence-corrected chi connectivity index (χ1v) is 9.86. The molecule has 140 valence electrons. The Kier molecular flexibility index (Phi) is 4.86. The second kappa shape index (κ2) is 7.31. The number of aryl methyl sites for hydroxylation is 1. The molecule has 1 saturated heterocycles. The SMILES string of the molecule is CCc1cc2c(N3CCC(C(=O)c4cc(F)ccc4F)CC3)ncnc2s1. The van der Waals surface area contributed by atoms with Gasteiger partial charge < -0.3 is 4.90 Å². The number of benzene rings is 1. The lowest BCUT2D eigenvalue weighted by molar-refractivity contribution is 0.0895. The zero-order chi connectivity index (χ0) is 19.0. The molecule has 0 atom stereocenters. The topological polar surface area (TPSA) is 46.1 Å². The van der Waals surface area contributed by atoms with Crippen LogP contribution in [0.25, 0.3) is 10.2 Å². The Morgan fingerprint density at radius 3 is 2.74 bits per heavy atom. The summed E-state index contributed by atoms with van der Waals surface area (Å²) in [6.45, 7) is 3.41. The number of hydrogen-bond acceptors (Lipinski definition) is 5. The minimum Gasteiger partial charge on any atom is -0.356 e. The first-order valence-electron chi connectivity index (χ1n) is 9.04. The van der Waals surface area contributed by atoms with Crippen LogP contribution < -0.4 is 4.90 Å². The van der Waals surface area contributed by atoms with Gasteiger partial charge in [-0.1, -0.05) is 6.92 Å². The Labute approximate surface area is 159 Å². The van der Waals surface area contributed by atoms with Crippen LogP contribution in [0.3, 0.4) is 0 Å². The lowest BCUT2D eigenvalue weighted by Gasteiger charge is -2.32. The smallest absolute Gasteiger partial charge is 0.169 e. The molecule has 1 aliphatic heterocycles. The molecule has 27 heavy (non-hydrogen) atoms. The molecule has 3 heterocycles. The van der Waals surface area contributed by atoms with Gasteiger partial charge in [-0.15, -0.1) is 11.3 Å². The van der Waals surface area contributed by atoms with E-state index in [2.05, 4.69) is 27.9 Å². The van der Waals surface area contributed by atoms with Gasteiger partial charge in [0.1, 0.15) is 28.6 Å². The number of ketones is 1. The molecule has 0 radical (unpaired) electrons. The zero-order valence-corrected chi connectivity index (χ0v) is 15.7.